The van der Waals surface area contributed by atoms with Crippen LogP contribution in [0.5, 0.6) is 0 Å². The summed E-state index contributed by atoms with van der Waals surface area (Å²) >= 11 is 0. The highest BCUT2D eigenvalue weighted by Crippen LogP contribution is 2.43. The first-order valence-corrected chi connectivity index (χ1v) is 12.8. The molecule has 0 aromatic carbocycles. The fraction of sp³-hybridized carbons (Fsp3) is 0.615. The van der Waals surface area contributed by atoms with Gasteiger partial charge in [-0.2, -0.15) is 0 Å². The van der Waals surface area contributed by atoms with Crippen LogP contribution < -0.4 is 21.7 Å². The van der Waals surface area contributed by atoms with Crippen molar-refractivity contribution in [3.05, 3.63) is 30.1 Å². The van der Waals surface area contributed by atoms with Crippen molar-refractivity contribution in [2.75, 3.05) is 36.9 Å². The summed E-state index contributed by atoms with van der Waals surface area (Å²) in [4.78, 5) is 35.2. The van der Waals surface area contributed by atoms with E-state index in [9.17, 15) is 9.59 Å². The van der Waals surface area contributed by atoms with Gasteiger partial charge in [-0.15, -0.1) is 0 Å². The molecule has 1 saturated heterocycles. The fourth-order valence-corrected chi connectivity index (χ4v) is 5.56. The number of rotatable bonds is 7. The van der Waals surface area contributed by atoms with Crippen molar-refractivity contribution in [1.82, 2.24) is 10.3 Å². The highest BCUT2D eigenvalue weighted by molar-refractivity contribution is 6.43. The van der Waals surface area contributed by atoms with Crippen LogP contribution in [0.15, 0.2) is 29.5 Å². The minimum atomic E-state index is -0.673. The monoisotopic (exact) mass is 482 g/mol. The summed E-state index contributed by atoms with van der Waals surface area (Å²) in [5.74, 6) is 0.523. The van der Waals surface area contributed by atoms with E-state index in [4.69, 9.17) is 10.5 Å². The van der Waals surface area contributed by atoms with Gasteiger partial charge in [-0.05, 0) is 56.7 Å². The molecule has 1 aliphatic carbocycles. The third kappa shape index (κ3) is 5.66. The van der Waals surface area contributed by atoms with Gasteiger partial charge in [0.2, 0.25) is 5.91 Å². The molecule has 4 rings (SSSR count). The van der Waals surface area contributed by atoms with E-state index in [0.29, 0.717) is 18.3 Å². The van der Waals surface area contributed by atoms with E-state index in [-0.39, 0.29) is 23.0 Å². The van der Waals surface area contributed by atoms with Crippen LogP contribution in [0.25, 0.3) is 0 Å². The highest BCUT2D eigenvalue weighted by Gasteiger charge is 2.41. The third-order valence-electron chi connectivity index (χ3n) is 7.71. The van der Waals surface area contributed by atoms with Crippen LogP contribution in [0, 0.1) is 11.8 Å². The van der Waals surface area contributed by atoms with Gasteiger partial charge in [-0.25, -0.2) is 4.98 Å². The van der Waals surface area contributed by atoms with E-state index in [1.54, 1.807) is 0 Å². The summed E-state index contributed by atoms with van der Waals surface area (Å²) in [7, 11) is 0. The summed E-state index contributed by atoms with van der Waals surface area (Å²) in [5, 5.41) is 9.41. The first kappa shape index (κ1) is 25.2. The lowest BCUT2D eigenvalue weighted by Gasteiger charge is -2.33. The topological polar surface area (TPSA) is 131 Å². The molecule has 0 radical (unpaired) electrons. The number of aromatic nitrogens is 1. The molecule has 2 aliphatic heterocycles. The van der Waals surface area contributed by atoms with Crippen LogP contribution in [0.2, 0.25) is 0 Å². The van der Waals surface area contributed by atoms with Gasteiger partial charge in [-0.1, -0.05) is 19.8 Å². The number of nitrogens with two attached hydrogens (primary N) is 1. The number of aliphatic imine (C=N–C) groups is 1. The maximum atomic E-state index is 13.5. The van der Waals surface area contributed by atoms with E-state index in [1.807, 2.05) is 19.2 Å². The Morgan fingerprint density at radius 3 is 2.74 bits per heavy atom. The van der Waals surface area contributed by atoms with Crippen molar-refractivity contribution < 1.29 is 14.3 Å². The number of nitrogens with zero attached hydrogens (tertiary/aromatic N) is 2. The minimum Gasteiger partial charge on any atom is -0.405 e. The minimum absolute atomic E-state index is 0.0537. The average molecular weight is 483 g/mol. The predicted molar refractivity (Wildman–Crippen MR) is 137 cm³/mol. The fourth-order valence-electron chi connectivity index (χ4n) is 5.56. The van der Waals surface area contributed by atoms with Crippen molar-refractivity contribution in [2.45, 2.75) is 63.8 Å². The maximum absolute atomic E-state index is 13.5. The number of hydrogen-bond acceptors (Lipinski definition) is 7. The third-order valence-corrected chi connectivity index (χ3v) is 7.71. The van der Waals surface area contributed by atoms with E-state index in [0.717, 1.165) is 64.0 Å². The Balaban J connectivity index is 1.51. The first-order valence-electron chi connectivity index (χ1n) is 12.8. The molecule has 1 atom stereocenters. The van der Waals surface area contributed by atoms with Gasteiger partial charge < -0.3 is 26.4 Å². The number of anilines is 2. The molecule has 2 amide bonds. The molecule has 2 fully saturated rings. The van der Waals surface area contributed by atoms with E-state index in [1.165, 1.54) is 17.8 Å². The van der Waals surface area contributed by atoms with Gasteiger partial charge in [0.15, 0.2) is 0 Å². The predicted octanol–water partition coefficient (Wildman–Crippen LogP) is 2.74. The second-order valence-electron chi connectivity index (χ2n) is 10.0. The Hall–Kier alpha value is -2.94. The molecule has 9 nitrogen and oxygen atoms in total. The van der Waals surface area contributed by atoms with Crippen LogP contribution in [-0.4, -0.2) is 54.9 Å². The van der Waals surface area contributed by atoms with E-state index < -0.39 is 11.9 Å². The van der Waals surface area contributed by atoms with Gasteiger partial charge in [0.1, 0.15) is 17.6 Å². The van der Waals surface area contributed by atoms with E-state index >= 15 is 0 Å². The molecular weight excluding hydrogens is 444 g/mol. The van der Waals surface area contributed by atoms with Crippen LogP contribution >= 0.6 is 0 Å². The number of nitrogens with one attached hydrogen (secondary N) is 3. The van der Waals surface area contributed by atoms with Gasteiger partial charge in [-0.3, -0.25) is 14.6 Å². The molecule has 9 heteroatoms. The summed E-state index contributed by atoms with van der Waals surface area (Å²) < 4.78 is 5.56. The standard InChI is InChI=1S/C26H38N6O3/c1-3-28-20(8-11-27)24(33)32-23(18-6-4-17(2)5-7-18)25(34)31-22-14-21-19(15-29-22)26(16-30-21)9-12-35-13-10-26/h8,11,14-15,17-18,23,30H,3-7,9-10,12-13,16,27H2,1-2H3,(H,32,33)(H,29,31,34). The number of hydrogen-bond donors (Lipinski definition) is 4. The van der Waals surface area contributed by atoms with Crippen molar-refractivity contribution >= 4 is 29.0 Å². The van der Waals surface area contributed by atoms with Gasteiger partial charge in [0, 0.05) is 55.2 Å². The SMILES string of the molecule is CCN=C(C=CN)C(=O)NC(C(=O)Nc1cc2c(cn1)C1(CCOCC1)CN2)C1CCC(C)CC1. The Bertz CT molecular complexity index is 977. The van der Waals surface area contributed by atoms with Gasteiger partial charge in [0.25, 0.3) is 5.91 Å². The van der Waals surface area contributed by atoms with Crippen molar-refractivity contribution in [3.63, 3.8) is 0 Å². The lowest BCUT2D eigenvalue weighted by Crippen LogP contribution is -2.51. The maximum Gasteiger partial charge on any atom is 0.270 e. The normalized spacial score (nSPS) is 24.6. The Morgan fingerprint density at radius 1 is 1.31 bits per heavy atom. The van der Waals surface area contributed by atoms with Crippen molar-refractivity contribution in [3.8, 4) is 0 Å². The molecule has 5 N–H and O–H groups in total. The highest BCUT2D eigenvalue weighted by atomic mass is 16.5. The van der Waals surface area contributed by atoms with Crippen LogP contribution in [-0.2, 0) is 19.7 Å². The Kier molecular flexibility index (Phi) is 8.05. The average Bonchev–Trinajstić information content (AvgIpc) is 3.20. The number of pyridine rings is 1. The molecule has 190 valence electrons. The Labute approximate surface area is 207 Å². The lowest BCUT2D eigenvalue weighted by atomic mass is 9.76. The summed E-state index contributed by atoms with van der Waals surface area (Å²) in [6.45, 7) is 6.90. The summed E-state index contributed by atoms with van der Waals surface area (Å²) in [6, 6.07) is 1.23. The largest absolute Gasteiger partial charge is 0.405 e. The number of carbonyl (C=O) groups excluding carboxylic acids is 2. The van der Waals surface area contributed by atoms with Crippen LogP contribution in [0.4, 0.5) is 11.5 Å². The Morgan fingerprint density at radius 2 is 2.06 bits per heavy atom. The molecule has 3 aliphatic rings. The number of ether oxygens (including phenoxy) is 1. The molecule has 1 aromatic heterocycles. The first-order chi connectivity index (χ1) is 17.0. The second-order valence-corrected chi connectivity index (χ2v) is 10.0. The molecule has 1 aromatic rings. The van der Waals surface area contributed by atoms with Crippen molar-refractivity contribution in [1.29, 1.82) is 0 Å². The van der Waals surface area contributed by atoms with E-state index in [2.05, 4.69) is 32.9 Å². The molecule has 1 saturated carbocycles. The summed E-state index contributed by atoms with van der Waals surface area (Å²) in [5.41, 5.74) is 7.99. The van der Waals surface area contributed by atoms with Gasteiger partial charge in [0.05, 0.1) is 0 Å². The lowest BCUT2D eigenvalue weighted by molar-refractivity contribution is -0.124. The molecular formula is C26H38N6O3. The molecule has 3 heterocycles. The van der Waals surface area contributed by atoms with Crippen LogP contribution in [0.3, 0.4) is 0 Å². The molecule has 0 bridgehead atoms. The zero-order chi connectivity index (χ0) is 24.8. The molecule has 35 heavy (non-hydrogen) atoms. The number of carbonyl (C=O) groups is 2. The van der Waals surface area contributed by atoms with Gasteiger partial charge >= 0.3 is 0 Å². The zero-order valence-electron chi connectivity index (χ0n) is 20.8. The van der Waals surface area contributed by atoms with Crippen molar-refractivity contribution in [2.24, 2.45) is 22.6 Å². The number of amides is 2. The second kappa shape index (κ2) is 11.2. The number of fused-ring (bicyclic) bond motifs is 2. The van der Waals surface area contributed by atoms with Crippen LogP contribution in [0.1, 0.15) is 57.9 Å². The molecule has 1 unspecified atom stereocenters. The summed E-state index contributed by atoms with van der Waals surface area (Å²) in [6.07, 6.45) is 10.4. The zero-order valence-corrected chi connectivity index (χ0v) is 20.8. The quantitative estimate of drug-likeness (QED) is 0.442. The molecule has 1 spiro atoms. The smallest absolute Gasteiger partial charge is 0.270 e.